The molecule has 34 heavy (non-hydrogen) atoms. The Labute approximate surface area is 199 Å². The van der Waals surface area contributed by atoms with E-state index in [4.69, 9.17) is 14.2 Å². The molecule has 0 aliphatic carbocycles. The summed E-state index contributed by atoms with van der Waals surface area (Å²) in [5, 5.41) is 20.5. The van der Waals surface area contributed by atoms with Crippen LogP contribution in [0.3, 0.4) is 0 Å². The standard InChI is InChI=1S/C27H26N2O5/c1-4-32-27-17-21(16-23(18-28)22-7-9-24(10-8-22)29(30)31)6-12-26(27)34-14-13-33-25-11-5-19(2)20(3)15-25/h5-12,15-17H,4,13-14H2,1-3H3. The fraction of sp³-hybridized carbons (Fsp3) is 0.222. The molecule has 0 aliphatic rings. The van der Waals surface area contributed by atoms with E-state index in [1.165, 1.54) is 23.3 Å². The molecule has 0 N–H and O–H groups in total. The largest absolute Gasteiger partial charge is 0.490 e. The third-order valence-electron chi connectivity index (χ3n) is 5.18. The van der Waals surface area contributed by atoms with Gasteiger partial charge in [0, 0.05) is 12.1 Å². The zero-order chi connectivity index (χ0) is 24.5. The number of allylic oxidation sites excluding steroid dienone is 1. The second kappa shape index (κ2) is 11.5. The monoisotopic (exact) mass is 458 g/mol. The average Bonchev–Trinajstić information content (AvgIpc) is 2.83. The van der Waals surface area contributed by atoms with Crippen molar-refractivity contribution in [3.05, 3.63) is 93.0 Å². The van der Waals surface area contributed by atoms with Crippen LogP contribution in [0.15, 0.2) is 60.7 Å². The van der Waals surface area contributed by atoms with Gasteiger partial charge in [0.2, 0.25) is 0 Å². The number of nitriles is 1. The van der Waals surface area contributed by atoms with Gasteiger partial charge in [-0.1, -0.05) is 12.1 Å². The Bertz CT molecular complexity index is 1230. The molecule has 3 aromatic rings. The van der Waals surface area contributed by atoms with E-state index in [0.29, 0.717) is 42.5 Å². The number of rotatable bonds is 10. The van der Waals surface area contributed by atoms with Crippen molar-refractivity contribution in [2.45, 2.75) is 20.8 Å². The number of nitrogens with zero attached hydrogens (tertiary/aromatic N) is 2. The van der Waals surface area contributed by atoms with E-state index in [1.807, 2.05) is 38.1 Å². The van der Waals surface area contributed by atoms with Crippen molar-refractivity contribution in [1.82, 2.24) is 0 Å². The van der Waals surface area contributed by atoms with Gasteiger partial charge in [-0.05, 0) is 85.5 Å². The Morgan fingerprint density at radius 3 is 2.32 bits per heavy atom. The number of benzene rings is 3. The van der Waals surface area contributed by atoms with Crippen molar-refractivity contribution in [1.29, 1.82) is 5.26 Å². The predicted octanol–water partition coefficient (Wildman–Crippen LogP) is 6.13. The summed E-state index contributed by atoms with van der Waals surface area (Å²) in [5.74, 6) is 1.94. The van der Waals surface area contributed by atoms with Crippen molar-refractivity contribution < 1.29 is 19.1 Å². The fourth-order valence-electron chi connectivity index (χ4n) is 3.23. The Morgan fingerprint density at radius 2 is 1.68 bits per heavy atom. The zero-order valence-electron chi connectivity index (χ0n) is 19.4. The summed E-state index contributed by atoms with van der Waals surface area (Å²) in [6, 6.07) is 19.4. The van der Waals surface area contributed by atoms with Gasteiger partial charge in [0.25, 0.3) is 5.69 Å². The van der Waals surface area contributed by atoms with Crippen molar-refractivity contribution in [3.63, 3.8) is 0 Å². The molecule has 0 fully saturated rings. The van der Waals surface area contributed by atoms with Crippen LogP contribution in [0.2, 0.25) is 0 Å². The quantitative estimate of drug-likeness (QED) is 0.119. The summed E-state index contributed by atoms with van der Waals surface area (Å²) < 4.78 is 17.4. The maximum Gasteiger partial charge on any atom is 0.269 e. The number of nitro groups is 1. The first-order valence-corrected chi connectivity index (χ1v) is 10.9. The second-order valence-corrected chi connectivity index (χ2v) is 7.56. The van der Waals surface area contributed by atoms with Crippen LogP contribution in [0.1, 0.15) is 29.2 Å². The van der Waals surface area contributed by atoms with Gasteiger partial charge in [0.15, 0.2) is 11.5 Å². The molecule has 0 spiro atoms. The Balaban J connectivity index is 1.70. The van der Waals surface area contributed by atoms with E-state index >= 15 is 0 Å². The first kappa shape index (κ1) is 24.3. The maximum absolute atomic E-state index is 10.9. The van der Waals surface area contributed by atoms with Crippen molar-refractivity contribution in [2.24, 2.45) is 0 Å². The molecule has 7 nitrogen and oxygen atoms in total. The molecular formula is C27H26N2O5. The van der Waals surface area contributed by atoms with E-state index in [0.717, 1.165) is 11.3 Å². The summed E-state index contributed by atoms with van der Waals surface area (Å²) in [6.07, 6.45) is 1.70. The molecule has 0 unspecified atom stereocenters. The highest BCUT2D eigenvalue weighted by atomic mass is 16.6. The Kier molecular flexibility index (Phi) is 8.25. The molecule has 0 bridgehead atoms. The molecule has 0 radical (unpaired) electrons. The number of hydrogen-bond acceptors (Lipinski definition) is 6. The Hall–Kier alpha value is -4.31. The molecule has 0 heterocycles. The van der Waals surface area contributed by atoms with E-state index in [2.05, 4.69) is 13.0 Å². The molecule has 7 heteroatoms. The number of nitro benzene ring substituents is 1. The minimum absolute atomic E-state index is 0.0253. The minimum Gasteiger partial charge on any atom is -0.490 e. The fourth-order valence-corrected chi connectivity index (χ4v) is 3.23. The van der Waals surface area contributed by atoms with E-state index in [-0.39, 0.29) is 5.69 Å². The number of hydrogen-bond donors (Lipinski definition) is 0. The highest BCUT2D eigenvalue weighted by Crippen LogP contribution is 2.30. The molecule has 0 saturated heterocycles. The SMILES string of the molecule is CCOc1cc(C=C(C#N)c2ccc([N+](=O)[O-])cc2)ccc1OCCOc1ccc(C)c(C)c1. The van der Waals surface area contributed by atoms with Crippen LogP contribution in [0.5, 0.6) is 17.2 Å². The average molecular weight is 459 g/mol. The highest BCUT2D eigenvalue weighted by Gasteiger charge is 2.10. The summed E-state index contributed by atoms with van der Waals surface area (Å²) in [7, 11) is 0. The van der Waals surface area contributed by atoms with Crippen molar-refractivity contribution >= 4 is 17.3 Å². The van der Waals surface area contributed by atoms with Gasteiger partial charge in [0.05, 0.1) is 23.2 Å². The van der Waals surface area contributed by atoms with Gasteiger partial charge in [-0.3, -0.25) is 10.1 Å². The zero-order valence-corrected chi connectivity index (χ0v) is 19.4. The lowest BCUT2D eigenvalue weighted by Crippen LogP contribution is -2.10. The maximum atomic E-state index is 10.9. The van der Waals surface area contributed by atoms with Gasteiger partial charge in [-0.25, -0.2) is 0 Å². The van der Waals surface area contributed by atoms with Crippen LogP contribution in [-0.2, 0) is 0 Å². The van der Waals surface area contributed by atoms with Crippen LogP contribution in [-0.4, -0.2) is 24.7 Å². The van der Waals surface area contributed by atoms with Crippen LogP contribution in [0, 0.1) is 35.3 Å². The molecular weight excluding hydrogens is 432 g/mol. The number of ether oxygens (including phenoxy) is 3. The van der Waals surface area contributed by atoms with Crippen LogP contribution >= 0.6 is 0 Å². The first-order valence-electron chi connectivity index (χ1n) is 10.9. The summed E-state index contributed by atoms with van der Waals surface area (Å²) in [4.78, 5) is 10.4. The van der Waals surface area contributed by atoms with Crippen LogP contribution in [0.25, 0.3) is 11.6 Å². The molecule has 0 saturated carbocycles. The van der Waals surface area contributed by atoms with E-state index < -0.39 is 4.92 Å². The summed E-state index contributed by atoms with van der Waals surface area (Å²) >= 11 is 0. The third-order valence-corrected chi connectivity index (χ3v) is 5.18. The lowest BCUT2D eigenvalue weighted by molar-refractivity contribution is -0.384. The molecule has 3 aromatic carbocycles. The number of non-ortho nitro benzene ring substituents is 1. The van der Waals surface area contributed by atoms with Crippen molar-refractivity contribution in [3.8, 4) is 23.3 Å². The molecule has 0 aromatic heterocycles. The molecule has 0 atom stereocenters. The van der Waals surface area contributed by atoms with Gasteiger partial charge in [-0.15, -0.1) is 0 Å². The van der Waals surface area contributed by atoms with Gasteiger partial charge in [0.1, 0.15) is 19.0 Å². The van der Waals surface area contributed by atoms with Gasteiger partial charge >= 0.3 is 0 Å². The van der Waals surface area contributed by atoms with Crippen molar-refractivity contribution in [2.75, 3.05) is 19.8 Å². The van der Waals surface area contributed by atoms with Crippen LogP contribution < -0.4 is 14.2 Å². The minimum atomic E-state index is -0.473. The van der Waals surface area contributed by atoms with E-state index in [1.54, 1.807) is 30.3 Å². The topological polar surface area (TPSA) is 94.6 Å². The summed E-state index contributed by atoms with van der Waals surface area (Å²) in [5.41, 5.74) is 4.08. The van der Waals surface area contributed by atoms with Gasteiger partial charge in [-0.2, -0.15) is 5.26 Å². The Morgan fingerprint density at radius 1 is 0.941 bits per heavy atom. The second-order valence-electron chi connectivity index (χ2n) is 7.56. The normalized spacial score (nSPS) is 10.9. The first-order chi connectivity index (χ1) is 16.4. The lowest BCUT2D eigenvalue weighted by Gasteiger charge is -2.14. The predicted molar refractivity (Wildman–Crippen MR) is 131 cm³/mol. The third kappa shape index (κ3) is 6.36. The molecule has 3 rings (SSSR count). The van der Waals surface area contributed by atoms with E-state index in [9.17, 15) is 15.4 Å². The highest BCUT2D eigenvalue weighted by molar-refractivity contribution is 5.90. The van der Waals surface area contributed by atoms with Crippen LogP contribution in [0.4, 0.5) is 5.69 Å². The number of aryl methyl sites for hydroxylation is 2. The lowest BCUT2D eigenvalue weighted by atomic mass is 10.0. The summed E-state index contributed by atoms with van der Waals surface area (Å²) in [6.45, 7) is 7.16. The molecule has 174 valence electrons. The smallest absolute Gasteiger partial charge is 0.269 e. The molecule has 0 aliphatic heterocycles. The molecule has 0 amide bonds. The van der Waals surface area contributed by atoms with Gasteiger partial charge < -0.3 is 14.2 Å².